The summed E-state index contributed by atoms with van der Waals surface area (Å²) in [6.45, 7) is 4.44. The Balaban J connectivity index is 1.74. The Morgan fingerprint density at radius 1 is 1.11 bits per heavy atom. The molecule has 2 nitrogen and oxygen atoms in total. The van der Waals surface area contributed by atoms with Crippen molar-refractivity contribution in [2.24, 2.45) is 5.92 Å². The van der Waals surface area contributed by atoms with Crippen LogP contribution in [0.3, 0.4) is 0 Å². The van der Waals surface area contributed by atoms with Gasteiger partial charge in [0.1, 0.15) is 0 Å². The van der Waals surface area contributed by atoms with Crippen LogP contribution in [-0.4, -0.2) is 42.8 Å². The molecule has 2 atom stereocenters. The standard InChI is InChI=1S/C14H25F3N2/c1-2-7-18-12-3-4-13(10-12)19-8-5-11(6-9-19)14(15,16)17/h11-13,18H,2-10H2,1H3. The predicted molar refractivity (Wildman–Crippen MR) is 70.1 cm³/mol. The van der Waals surface area contributed by atoms with Crippen molar-refractivity contribution in [3.8, 4) is 0 Å². The average molecular weight is 278 g/mol. The zero-order valence-electron chi connectivity index (χ0n) is 11.7. The first-order chi connectivity index (χ1) is 9.00. The quantitative estimate of drug-likeness (QED) is 0.849. The molecule has 1 aliphatic heterocycles. The number of likely N-dealkylation sites (tertiary alicyclic amines) is 1. The second-order valence-corrected chi connectivity index (χ2v) is 5.97. The highest BCUT2D eigenvalue weighted by molar-refractivity contribution is 4.89. The number of alkyl halides is 3. The molecule has 0 radical (unpaired) electrons. The van der Waals surface area contributed by atoms with E-state index in [1.807, 2.05) is 0 Å². The summed E-state index contributed by atoms with van der Waals surface area (Å²) in [4.78, 5) is 2.29. The zero-order valence-corrected chi connectivity index (χ0v) is 11.7. The molecule has 1 saturated heterocycles. The van der Waals surface area contributed by atoms with Crippen LogP contribution in [0.4, 0.5) is 13.2 Å². The summed E-state index contributed by atoms with van der Waals surface area (Å²) < 4.78 is 37.9. The van der Waals surface area contributed by atoms with Crippen LogP contribution in [0.2, 0.25) is 0 Å². The van der Waals surface area contributed by atoms with Gasteiger partial charge in [0, 0.05) is 12.1 Å². The Kier molecular flexibility index (Phi) is 5.12. The number of halogens is 3. The molecule has 5 heteroatoms. The minimum absolute atomic E-state index is 0.285. The van der Waals surface area contributed by atoms with Gasteiger partial charge >= 0.3 is 6.18 Å². The second kappa shape index (κ2) is 6.44. The Morgan fingerprint density at radius 2 is 1.79 bits per heavy atom. The van der Waals surface area contributed by atoms with Crippen LogP contribution in [-0.2, 0) is 0 Å². The molecular weight excluding hydrogens is 253 g/mol. The molecule has 0 bridgehead atoms. The molecular formula is C14H25F3N2. The van der Waals surface area contributed by atoms with Gasteiger partial charge in [0.25, 0.3) is 0 Å². The summed E-state index contributed by atoms with van der Waals surface area (Å²) in [5.74, 6) is -1.07. The van der Waals surface area contributed by atoms with Crippen LogP contribution in [0.1, 0.15) is 45.4 Å². The van der Waals surface area contributed by atoms with Gasteiger partial charge in [-0.05, 0) is 58.2 Å². The molecule has 2 unspecified atom stereocenters. The van der Waals surface area contributed by atoms with Crippen LogP contribution in [0.15, 0.2) is 0 Å². The molecule has 19 heavy (non-hydrogen) atoms. The van der Waals surface area contributed by atoms with Crippen molar-refractivity contribution >= 4 is 0 Å². The van der Waals surface area contributed by atoms with Crippen molar-refractivity contribution in [3.63, 3.8) is 0 Å². The summed E-state index contributed by atoms with van der Waals surface area (Å²) in [6, 6.07) is 1.08. The highest BCUT2D eigenvalue weighted by Crippen LogP contribution is 2.36. The van der Waals surface area contributed by atoms with Gasteiger partial charge in [0.2, 0.25) is 0 Å². The van der Waals surface area contributed by atoms with E-state index in [1.165, 1.54) is 6.42 Å². The highest BCUT2D eigenvalue weighted by Gasteiger charge is 2.42. The first kappa shape index (κ1) is 15.1. The van der Waals surface area contributed by atoms with Crippen LogP contribution in [0.5, 0.6) is 0 Å². The number of hydrogen-bond donors (Lipinski definition) is 1. The first-order valence-corrected chi connectivity index (χ1v) is 7.55. The van der Waals surface area contributed by atoms with E-state index in [2.05, 4.69) is 17.1 Å². The summed E-state index contributed by atoms with van der Waals surface area (Å²) in [5.41, 5.74) is 0. The predicted octanol–water partition coefficient (Wildman–Crippen LogP) is 3.18. The summed E-state index contributed by atoms with van der Waals surface area (Å²) in [5, 5.41) is 3.53. The van der Waals surface area contributed by atoms with Gasteiger partial charge in [-0.15, -0.1) is 0 Å². The van der Waals surface area contributed by atoms with E-state index < -0.39 is 12.1 Å². The summed E-state index contributed by atoms with van der Waals surface area (Å²) >= 11 is 0. The van der Waals surface area contributed by atoms with E-state index in [4.69, 9.17) is 0 Å². The molecule has 0 amide bonds. The van der Waals surface area contributed by atoms with E-state index >= 15 is 0 Å². The SMILES string of the molecule is CCCNC1CCC(N2CCC(C(F)(F)F)CC2)C1. The van der Waals surface area contributed by atoms with Gasteiger partial charge in [0.05, 0.1) is 5.92 Å². The van der Waals surface area contributed by atoms with Crippen LogP contribution in [0.25, 0.3) is 0 Å². The molecule has 2 rings (SSSR count). The van der Waals surface area contributed by atoms with Crippen molar-refractivity contribution in [2.45, 2.75) is 63.7 Å². The molecule has 1 aliphatic carbocycles. The molecule has 2 fully saturated rings. The van der Waals surface area contributed by atoms with E-state index in [0.29, 0.717) is 25.2 Å². The number of nitrogens with zero attached hydrogens (tertiary/aromatic N) is 1. The lowest BCUT2D eigenvalue weighted by Crippen LogP contribution is -2.44. The third-order valence-corrected chi connectivity index (χ3v) is 4.60. The maximum absolute atomic E-state index is 12.6. The second-order valence-electron chi connectivity index (χ2n) is 5.97. The van der Waals surface area contributed by atoms with E-state index in [9.17, 15) is 13.2 Å². The van der Waals surface area contributed by atoms with E-state index in [-0.39, 0.29) is 12.8 Å². The Bertz CT molecular complexity index is 272. The van der Waals surface area contributed by atoms with Crippen LogP contribution >= 0.6 is 0 Å². The van der Waals surface area contributed by atoms with Gasteiger partial charge < -0.3 is 10.2 Å². The maximum atomic E-state index is 12.6. The summed E-state index contributed by atoms with van der Waals surface area (Å²) in [6.07, 6.45) is 1.13. The minimum Gasteiger partial charge on any atom is -0.314 e. The number of nitrogens with one attached hydrogen (secondary N) is 1. The molecule has 1 N–H and O–H groups in total. The molecule has 1 heterocycles. The third kappa shape index (κ3) is 4.09. The lowest BCUT2D eigenvalue weighted by Gasteiger charge is -2.36. The van der Waals surface area contributed by atoms with E-state index in [0.717, 1.165) is 25.8 Å². The highest BCUT2D eigenvalue weighted by atomic mass is 19.4. The van der Waals surface area contributed by atoms with Crippen molar-refractivity contribution in [3.05, 3.63) is 0 Å². The Morgan fingerprint density at radius 3 is 2.37 bits per heavy atom. The number of hydrogen-bond acceptors (Lipinski definition) is 2. The Labute approximate surface area is 113 Å². The lowest BCUT2D eigenvalue weighted by atomic mass is 9.95. The molecule has 0 spiro atoms. The van der Waals surface area contributed by atoms with Gasteiger partial charge in [-0.2, -0.15) is 13.2 Å². The molecule has 0 aromatic heterocycles. The largest absolute Gasteiger partial charge is 0.391 e. The van der Waals surface area contributed by atoms with Crippen molar-refractivity contribution in [1.82, 2.24) is 10.2 Å². The monoisotopic (exact) mass is 278 g/mol. The van der Waals surface area contributed by atoms with Gasteiger partial charge in [-0.3, -0.25) is 0 Å². The first-order valence-electron chi connectivity index (χ1n) is 7.55. The van der Waals surface area contributed by atoms with E-state index in [1.54, 1.807) is 0 Å². The fraction of sp³-hybridized carbons (Fsp3) is 1.00. The van der Waals surface area contributed by atoms with Gasteiger partial charge in [-0.25, -0.2) is 0 Å². The zero-order chi connectivity index (χ0) is 13.9. The number of piperidine rings is 1. The molecule has 0 aromatic rings. The average Bonchev–Trinajstić information content (AvgIpc) is 2.84. The van der Waals surface area contributed by atoms with Gasteiger partial charge in [-0.1, -0.05) is 6.92 Å². The van der Waals surface area contributed by atoms with Crippen molar-refractivity contribution < 1.29 is 13.2 Å². The third-order valence-electron chi connectivity index (χ3n) is 4.60. The fourth-order valence-corrected chi connectivity index (χ4v) is 3.42. The topological polar surface area (TPSA) is 15.3 Å². The maximum Gasteiger partial charge on any atom is 0.391 e. The smallest absolute Gasteiger partial charge is 0.314 e. The fourth-order valence-electron chi connectivity index (χ4n) is 3.42. The molecule has 0 aromatic carbocycles. The molecule has 2 aliphatic rings. The molecule has 112 valence electrons. The molecule has 1 saturated carbocycles. The van der Waals surface area contributed by atoms with Crippen LogP contribution < -0.4 is 5.32 Å². The minimum atomic E-state index is -3.99. The lowest BCUT2D eigenvalue weighted by molar-refractivity contribution is -0.186. The van der Waals surface area contributed by atoms with Crippen LogP contribution in [0, 0.1) is 5.92 Å². The van der Waals surface area contributed by atoms with Crippen molar-refractivity contribution in [1.29, 1.82) is 0 Å². The Hall–Kier alpha value is -0.290. The summed E-state index contributed by atoms with van der Waals surface area (Å²) in [7, 11) is 0. The van der Waals surface area contributed by atoms with Crippen molar-refractivity contribution in [2.75, 3.05) is 19.6 Å². The normalized spacial score (nSPS) is 30.9. The number of rotatable bonds is 4. The van der Waals surface area contributed by atoms with Gasteiger partial charge in [0.15, 0.2) is 0 Å².